The van der Waals surface area contributed by atoms with Crippen molar-refractivity contribution in [3.05, 3.63) is 71.8 Å². The third-order valence-electron chi connectivity index (χ3n) is 11.5. The number of benzene rings is 2. The van der Waals surface area contributed by atoms with Gasteiger partial charge in [-0.15, -0.1) is 0 Å². The van der Waals surface area contributed by atoms with Crippen molar-refractivity contribution < 1.29 is 48.3 Å². The van der Waals surface area contributed by atoms with Gasteiger partial charge in [0.25, 0.3) is 0 Å². The average Bonchev–Trinajstić information content (AvgIpc) is 3.27. The molecule has 0 amide bonds. The molecule has 0 saturated heterocycles. The van der Waals surface area contributed by atoms with Gasteiger partial charge in [-0.2, -0.15) is 0 Å². The second kappa shape index (κ2) is 44.3. The molecule has 0 radical (unpaired) electrons. The van der Waals surface area contributed by atoms with Crippen LogP contribution in [0.2, 0.25) is 0 Å². The van der Waals surface area contributed by atoms with Crippen LogP contribution in [0, 0.1) is 0 Å². The van der Waals surface area contributed by atoms with Crippen LogP contribution in [0.5, 0.6) is 0 Å². The average molecular weight is 1030 g/mol. The van der Waals surface area contributed by atoms with Gasteiger partial charge in [-0.05, 0) is 75.3 Å². The minimum atomic E-state index is -0.940. The molecule has 4 unspecified atom stereocenters. The third kappa shape index (κ3) is 38.5. The number of carboxylic acid groups (broad SMARTS) is 2. The molecule has 2 rings (SSSR count). The van der Waals surface area contributed by atoms with Gasteiger partial charge in [-0.1, -0.05) is 190 Å². The fourth-order valence-corrected chi connectivity index (χ4v) is 8.00. The van der Waals surface area contributed by atoms with E-state index in [1.165, 1.54) is 78.1 Å². The number of unbranched alkanes of at least 4 members (excludes halogenated alkanes) is 18. The second-order valence-corrected chi connectivity index (χ2v) is 17.4. The van der Waals surface area contributed by atoms with E-state index in [-0.39, 0.29) is 98.1 Å². The molecular weight excluding hydrogens is 946 g/mol. The summed E-state index contributed by atoms with van der Waals surface area (Å²) in [5.74, 6) is -2.35. The molecule has 0 bridgehead atoms. The normalized spacial score (nSPS) is 12.7. The maximum atomic E-state index is 11.7. The van der Waals surface area contributed by atoms with Crippen molar-refractivity contribution in [2.45, 2.75) is 245 Å². The molecule has 2 aromatic carbocycles. The largest absolute Gasteiger partial charge is 2.00 e. The SMILES string of the molecule is CCCC(OCc1ccccc1)C(CCCCCCCCCCCCC(=O)[O-])OC(C)=O.CCCC(OCc1ccccc1)C(CCCCCCCCCCCCC(=O)[O-])OC(C)=O.[Ba+2]. The second-order valence-electron chi connectivity index (χ2n) is 17.4. The van der Waals surface area contributed by atoms with E-state index >= 15 is 0 Å². The Labute approximate surface area is 434 Å². The molecule has 2 aromatic rings. The van der Waals surface area contributed by atoms with Crippen LogP contribution >= 0.6 is 0 Å². The summed E-state index contributed by atoms with van der Waals surface area (Å²) in [6.45, 7) is 8.30. The summed E-state index contributed by atoms with van der Waals surface area (Å²) in [7, 11) is 0. The van der Waals surface area contributed by atoms with Crippen molar-refractivity contribution in [3.8, 4) is 0 Å². The summed E-state index contributed by atoms with van der Waals surface area (Å²) in [6.07, 6.45) is 27.4. The van der Waals surface area contributed by atoms with Gasteiger partial charge in [0.1, 0.15) is 12.2 Å². The molecule has 0 aromatic heterocycles. The minimum Gasteiger partial charge on any atom is -0.550 e. The van der Waals surface area contributed by atoms with E-state index in [0.717, 1.165) is 114 Å². The number of aliphatic carboxylic acids is 2. The van der Waals surface area contributed by atoms with Gasteiger partial charge in [0.2, 0.25) is 0 Å². The standard InChI is InChI=1S/2C27H44O5.Ba/c2*1-3-17-25(31-22-24-18-13-12-14-19-24)26(32-23(2)28)20-15-10-8-6-4-5-7-9-11-16-21-27(29)30;/h2*12-14,18-19,25-26H,3-11,15-17,20-22H2,1-2H3,(H,29,30);/q;;+2/p-2. The first kappa shape index (κ1) is 62.8. The molecule has 0 N–H and O–H groups in total. The van der Waals surface area contributed by atoms with Crippen LogP contribution in [-0.4, -0.2) is 97.2 Å². The van der Waals surface area contributed by atoms with E-state index in [4.69, 9.17) is 18.9 Å². The van der Waals surface area contributed by atoms with Gasteiger partial charge in [-0.3, -0.25) is 9.59 Å². The molecule has 0 aliphatic rings. The summed E-state index contributed by atoms with van der Waals surface area (Å²) in [5, 5.41) is 20.7. The van der Waals surface area contributed by atoms with Crippen molar-refractivity contribution in [1.29, 1.82) is 0 Å². The molecule has 10 nitrogen and oxygen atoms in total. The van der Waals surface area contributed by atoms with E-state index in [2.05, 4.69) is 38.1 Å². The fraction of sp³-hybridized carbons (Fsp3) is 0.704. The number of carbonyl (C=O) groups is 4. The van der Waals surface area contributed by atoms with Crippen LogP contribution in [0.3, 0.4) is 0 Å². The van der Waals surface area contributed by atoms with Crippen molar-refractivity contribution >= 4 is 72.8 Å². The first-order valence-electron chi connectivity index (χ1n) is 25.1. The molecule has 0 saturated carbocycles. The molecule has 0 spiro atoms. The Bertz CT molecular complexity index is 1320. The van der Waals surface area contributed by atoms with Gasteiger partial charge in [0.05, 0.1) is 25.4 Å². The number of carbonyl (C=O) groups excluding carboxylic acids is 4. The first-order chi connectivity index (χ1) is 31.0. The van der Waals surface area contributed by atoms with E-state index < -0.39 is 11.9 Å². The van der Waals surface area contributed by atoms with Crippen LogP contribution in [0.15, 0.2) is 60.7 Å². The topological polar surface area (TPSA) is 151 Å². The Morgan fingerprint density at radius 2 is 0.692 bits per heavy atom. The zero-order valence-electron chi connectivity index (χ0n) is 41.1. The van der Waals surface area contributed by atoms with Crippen LogP contribution in [0.4, 0.5) is 0 Å². The predicted molar refractivity (Wildman–Crippen MR) is 258 cm³/mol. The monoisotopic (exact) mass is 1030 g/mol. The van der Waals surface area contributed by atoms with Crippen molar-refractivity contribution in [2.75, 3.05) is 0 Å². The van der Waals surface area contributed by atoms with Gasteiger partial charge in [-0.25, -0.2) is 0 Å². The van der Waals surface area contributed by atoms with Gasteiger partial charge < -0.3 is 38.7 Å². The van der Waals surface area contributed by atoms with Crippen LogP contribution in [0.25, 0.3) is 0 Å². The Balaban J connectivity index is 0.00000124. The van der Waals surface area contributed by atoms with Crippen molar-refractivity contribution in [1.82, 2.24) is 0 Å². The number of hydrogen-bond acceptors (Lipinski definition) is 10. The molecule has 0 aliphatic heterocycles. The zero-order valence-corrected chi connectivity index (χ0v) is 45.5. The molecular formula is C54H86BaO10. The van der Waals surface area contributed by atoms with E-state index in [0.29, 0.717) is 13.2 Å². The maximum Gasteiger partial charge on any atom is 2.00 e. The summed E-state index contributed by atoms with van der Waals surface area (Å²) in [4.78, 5) is 44.1. The number of ether oxygens (including phenoxy) is 4. The smallest absolute Gasteiger partial charge is 0.550 e. The van der Waals surface area contributed by atoms with Gasteiger partial charge in [0, 0.05) is 25.8 Å². The van der Waals surface area contributed by atoms with Crippen LogP contribution in [0.1, 0.15) is 219 Å². The molecule has 11 heteroatoms. The Kier molecular flexibility index (Phi) is 42.8. The summed E-state index contributed by atoms with van der Waals surface area (Å²) >= 11 is 0. The summed E-state index contributed by atoms with van der Waals surface area (Å²) < 4.78 is 23.7. The van der Waals surface area contributed by atoms with Gasteiger partial charge in [0.15, 0.2) is 0 Å². The summed E-state index contributed by atoms with van der Waals surface area (Å²) in [6, 6.07) is 20.2. The Morgan fingerprint density at radius 3 is 0.954 bits per heavy atom. The number of esters is 2. The molecule has 65 heavy (non-hydrogen) atoms. The predicted octanol–water partition coefficient (Wildman–Crippen LogP) is 11.1. The zero-order chi connectivity index (χ0) is 46.9. The first-order valence-corrected chi connectivity index (χ1v) is 25.1. The maximum absolute atomic E-state index is 11.7. The summed E-state index contributed by atoms with van der Waals surface area (Å²) in [5.41, 5.74) is 2.27. The molecule has 4 atom stereocenters. The molecule has 0 heterocycles. The van der Waals surface area contributed by atoms with Crippen molar-refractivity contribution in [3.63, 3.8) is 0 Å². The minimum absolute atomic E-state index is 0. The van der Waals surface area contributed by atoms with E-state index in [1.54, 1.807) is 0 Å². The number of hydrogen-bond donors (Lipinski definition) is 0. The fourth-order valence-electron chi connectivity index (χ4n) is 8.00. The quantitative estimate of drug-likeness (QED) is 0.0358. The van der Waals surface area contributed by atoms with E-state index in [9.17, 15) is 29.4 Å². The molecule has 0 aliphatic carbocycles. The van der Waals surface area contributed by atoms with Crippen molar-refractivity contribution in [2.24, 2.45) is 0 Å². The molecule has 0 fully saturated rings. The van der Waals surface area contributed by atoms with Crippen LogP contribution < -0.4 is 10.2 Å². The number of carboxylic acids is 2. The Morgan fingerprint density at radius 1 is 0.415 bits per heavy atom. The van der Waals surface area contributed by atoms with Crippen LogP contribution in [-0.2, 0) is 51.3 Å². The molecule has 364 valence electrons. The third-order valence-corrected chi connectivity index (χ3v) is 11.5. The van der Waals surface area contributed by atoms with Gasteiger partial charge >= 0.3 is 60.8 Å². The Hall–Kier alpha value is -2.19. The number of rotatable bonds is 40. The van der Waals surface area contributed by atoms with E-state index in [1.807, 2.05) is 36.4 Å².